The molecule has 0 saturated heterocycles. The quantitative estimate of drug-likeness (QED) is 0.277. The molecular formula is C31H34N2O3S. The van der Waals surface area contributed by atoms with E-state index in [-0.39, 0.29) is 4.90 Å². The van der Waals surface area contributed by atoms with E-state index in [0.717, 1.165) is 34.9 Å². The van der Waals surface area contributed by atoms with E-state index in [1.807, 2.05) is 62.4 Å². The molecule has 0 amide bonds. The van der Waals surface area contributed by atoms with Crippen LogP contribution in [-0.2, 0) is 15.6 Å². The largest absolute Gasteiger partial charge is 0.385 e. The molecule has 0 aliphatic heterocycles. The molecule has 2 heterocycles. The molecule has 2 aromatic heterocycles. The normalized spacial score (nSPS) is 15.5. The van der Waals surface area contributed by atoms with Crippen molar-refractivity contribution in [2.45, 2.75) is 62.9 Å². The van der Waals surface area contributed by atoms with Crippen molar-refractivity contribution in [3.63, 3.8) is 0 Å². The second kappa shape index (κ2) is 10.3. The number of aliphatic hydroxyl groups is 1. The van der Waals surface area contributed by atoms with Crippen LogP contribution in [0.5, 0.6) is 0 Å². The number of benzene rings is 2. The number of hydrogen-bond acceptors (Lipinski definition) is 4. The van der Waals surface area contributed by atoms with Crippen LogP contribution in [0.2, 0.25) is 0 Å². The smallest absolute Gasteiger partial charge is 0.269 e. The number of aromatic nitrogens is 2. The fourth-order valence-corrected chi connectivity index (χ4v) is 6.95. The zero-order valence-corrected chi connectivity index (χ0v) is 22.3. The van der Waals surface area contributed by atoms with E-state index in [0.29, 0.717) is 30.1 Å². The van der Waals surface area contributed by atoms with Crippen LogP contribution in [0.1, 0.15) is 69.2 Å². The van der Waals surface area contributed by atoms with Crippen LogP contribution >= 0.6 is 0 Å². The molecule has 0 radical (unpaired) electrons. The third-order valence-corrected chi connectivity index (χ3v) is 9.50. The fourth-order valence-electron chi connectivity index (χ4n) is 5.45. The lowest BCUT2D eigenvalue weighted by atomic mass is 9.87. The van der Waals surface area contributed by atoms with Gasteiger partial charge in [-0.3, -0.25) is 0 Å². The van der Waals surface area contributed by atoms with Crippen LogP contribution in [-0.4, -0.2) is 22.5 Å². The number of rotatable bonds is 8. The van der Waals surface area contributed by atoms with Crippen LogP contribution in [0.4, 0.5) is 0 Å². The Morgan fingerprint density at radius 3 is 2.32 bits per heavy atom. The van der Waals surface area contributed by atoms with Gasteiger partial charge in [-0.15, -0.1) is 0 Å². The molecule has 37 heavy (non-hydrogen) atoms. The minimum atomic E-state index is -3.91. The van der Waals surface area contributed by atoms with Gasteiger partial charge in [-0.05, 0) is 73.1 Å². The van der Waals surface area contributed by atoms with Gasteiger partial charge in [0.05, 0.1) is 16.2 Å². The highest BCUT2D eigenvalue weighted by Gasteiger charge is 2.28. The number of hydrogen-bond donors (Lipinski definition) is 1. The van der Waals surface area contributed by atoms with Crippen LogP contribution in [0.25, 0.3) is 16.6 Å². The zero-order valence-electron chi connectivity index (χ0n) is 21.5. The van der Waals surface area contributed by atoms with E-state index in [9.17, 15) is 13.5 Å². The molecule has 5 nitrogen and oxygen atoms in total. The third-order valence-electron chi connectivity index (χ3n) is 7.78. The maximum absolute atomic E-state index is 14.0. The SMILES string of the molecule is CCC(O)(CC)c1ccc(/C(=C\C2CCCC2)c2cc3cccnc3n2S(=O)(=O)c2ccccc2)cc1. The molecular weight excluding hydrogens is 480 g/mol. The minimum Gasteiger partial charge on any atom is -0.385 e. The van der Waals surface area contributed by atoms with Crippen molar-refractivity contribution < 1.29 is 13.5 Å². The Hall–Kier alpha value is -3.22. The van der Waals surface area contributed by atoms with Gasteiger partial charge >= 0.3 is 0 Å². The summed E-state index contributed by atoms with van der Waals surface area (Å²) in [6.07, 6.45) is 9.69. The van der Waals surface area contributed by atoms with Crippen LogP contribution in [0.15, 0.2) is 90.0 Å². The van der Waals surface area contributed by atoms with Gasteiger partial charge < -0.3 is 5.11 Å². The highest BCUT2D eigenvalue weighted by molar-refractivity contribution is 7.90. The molecule has 1 aliphatic carbocycles. The lowest BCUT2D eigenvalue weighted by Crippen LogP contribution is -2.23. The molecule has 192 valence electrons. The van der Waals surface area contributed by atoms with Gasteiger partial charge in [0.25, 0.3) is 10.0 Å². The Bertz CT molecular complexity index is 1510. The number of fused-ring (bicyclic) bond motifs is 1. The number of allylic oxidation sites excluding steroid dienone is 1. The van der Waals surface area contributed by atoms with Gasteiger partial charge in [0, 0.05) is 17.2 Å². The standard InChI is InChI=1S/C31H34N2O3S/c1-3-31(34,4-2)26-18-16-24(17-19-26)28(21-23-11-8-9-12-23)29-22-25-13-10-20-32-30(25)33(29)37(35,36)27-14-6-5-7-15-27/h5-7,10,13-23,34H,3-4,8-9,11-12H2,1-2H3/b28-21+. The molecule has 0 unspecified atom stereocenters. The summed E-state index contributed by atoms with van der Waals surface area (Å²) in [5.74, 6) is 0.386. The van der Waals surface area contributed by atoms with Crippen molar-refractivity contribution in [1.82, 2.24) is 8.96 Å². The molecule has 1 saturated carbocycles. The summed E-state index contributed by atoms with van der Waals surface area (Å²) >= 11 is 0. The fraction of sp³-hybridized carbons (Fsp3) is 0.323. The predicted molar refractivity (Wildman–Crippen MR) is 149 cm³/mol. The molecule has 1 fully saturated rings. The van der Waals surface area contributed by atoms with Gasteiger partial charge in [-0.2, -0.15) is 0 Å². The highest BCUT2D eigenvalue weighted by Crippen LogP contribution is 2.37. The zero-order chi connectivity index (χ0) is 26.0. The molecule has 4 aromatic rings. The summed E-state index contributed by atoms with van der Waals surface area (Å²) in [6, 6.07) is 22.2. The Kier molecular flexibility index (Phi) is 7.06. The highest BCUT2D eigenvalue weighted by atomic mass is 32.2. The monoisotopic (exact) mass is 514 g/mol. The van der Waals surface area contributed by atoms with Gasteiger partial charge in [-0.25, -0.2) is 17.4 Å². The molecule has 5 rings (SSSR count). The van der Waals surface area contributed by atoms with Crippen LogP contribution in [0.3, 0.4) is 0 Å². The first kappa shape index (κ1) is 25.4. The van der Waals surface area contributed by atoms with Crippen LogP contribution < -0.4 is 0 Å². The van der Waals surface area contributed by atoms with Crippen molar-refractivity contribution in [3.8, 4) is 0 Å². The molecule has 0 atom stereocenters. The van der Waals surface area contributed by atoms with Gasteiger partial charge in [-0.1, -0.05) is 75.2 Å². The number of nitrogens with zero attached hydrogens (tertiary/aromatic N) is 2. The maximum atomic E-state index is 14.0. The Morgan fingerprint density at radius 1 is 1.00 bits per heavy atom. The van der Waals surface area contributed by atoms with Gasteiger partial charge in [0.1, 0.15) is 0 Å². The van der Waals surface area contributed by atoms with E-state index in [2.05, 4.69) is 11.1 Å². The lowest BCUT2D eigenvalue weighted by Gasteiger charge is -2.26. The summed E-state index contributed by atoms with van der Waals surface area (Å²) in [6.45, 7) is 3.98. The average molecular weight is 515 g/mol. The Balaban J connectivity index is 1.73. The van der Waals surface area contributed by atoms with E-state index in [4.69, 9.17) is 0 Å². The first-order valence-corrected chi connectivity index (χ1v) is 14.6. The third kappa shape index (κ3) is 4.76. The average Bonchev–Trinajstić information content (AvgIpc) is 3.60. The summed E-state index contributed by atoms with van der Waals surface area (Å²) in [4.78, 5) is 4.72. The first-order chi connectivity index (χ1) is 17.9. The summed E-state index contributed by atoms with van der Waals surface area (Å²) < 4.78 is 29.5. The molecule has 2 aromatic carbocycles. The Morgan fingerprint density at radius 2 is 1.68 bits per heavy atom. The molecule has 1 aliphatic rings. The van der Waals surface area contributed by atoms with Crippen molar-refractivity contribution in [3.05, 3.63) is 102 Å². The lowest BCUT2D eigenvalue weighted by molar-refractivity contribution is 0.0284. The molecule has 0 spiro atoms. The van der Waals surface area contributed by atoms with E-state index < -0.39 is 15.6 Å². The predicted octanol–water partition coefficient (Wildman–Crippen LogP) is 6.90. The maximum Gasteiger partial charge on any atom is 0.269 e. The van der Waals surface area contributed by atoms with Crippen molar-refractivity contribution >= 4 is 26.6 Å². The van der Waals surface area contributed by atoms with E-state index in [1.54, 1.807) is 30.5 Å². The van der Waals surface area contributed by atoms with E-state index >= 15 is 0 Å². The Labute approximate surface area is 219 Å². The van der Waals surface area contributed by atoms with Gasteiger partial charge in [0.2, 0.25) is 0 Å². The van der Waals surface area contributed by atoms with E-state index in [1.165, 1.54) is 16.8 Å². The summed E-state index contributed by atoms with van der Waals surface area (Å²) in [7, 11) is -3.91. The first-order valence-electron chi connectivity index (χ1n) is 13.2. The van der Waals surface area contributed by atoms with Crippen molar-refractivity contribution in [2.75, 3.05) is 0 Å². The minimum absolute atomic E-state index is 0.228. The second-order valence-corrected chi connectivity index (χ2v) is 11.8. The van der Waals surface area contributed by atoms with Gasteiger partial charge in [0.15, 0.2) is 5.65 Å². The van der Waals surface area contributed by atoms with Crippen LogP contribution in [0, 0.1) is 5.92 Å². The molecule has 0 bridgehead atoms. The topological polar surface area (TPSA) is 72.2 Å². The molecule has 6 heteroatoms. The summed E-state index contributed by atoms with van der Waals surface area (Å²) in [5.41, 5.74) is 2.84. The molecule has 1 N–H and O–H groups in total. The van der Waals surface area contributed by atoms with Crippen molar-refractivity contribution in [1.29, 1.82) is 0 Å². The van der Waals surface area contributed by atoms with Crippen molar-refractivity contribution in [2.24, 2.45) is 5.92 Å². The summed E-state index contributed by atoms with van der Waals surface area (Å²) in [5, 5.41) is 11.8. The number of pyridine rings is 1. The second-order valence-electron chi connectivity index (χ2n) is 9.97.